The first-order valence-corrected chi connectivity index (χ1v) is 6.86. The Hall–Kier alpha value is -2.36. The van der Waals surface area contributed by atoms with E-state index in [2.05, 4.69) is 10.4 Å². The van der Waals surface area contributed by atoms with Crippen LogP contribution >= 0.6 is 11.9 Å². The molecule has 108 valence electrons. The highest BCUT2D eigenvalue weighted by molar-refractivity contribution is 8.06. The first kappa shape index (κ1) is 13.6. The van der Waals surface area contributed by atoms with E-state index in [1.165, 1.54) is 22.7 Å². The molecule has 0 aliphatic carbocycles. The second-order valence-electron chi connectivity index (χ2n) is 4.32. The molecule has 0 amide bonds. The molecule has 1 aromatic carbocycles. The molecule has 0 fully saturated rings. The highest BCUT2D eigenvalue weighted by atomic mass is 32.2. The molecule has 0 atom stereocenters. The number of benzene rings is 1. The van der Waals surface area contributed by atoms with Crippen LogP contribution in [0, 0.1) is 10.1 Å². The van der Waals surface area contributed by atoms with Crippen LogP contribution in [-0.4, -0.2) is 19.0 Å². The molecule has 3 N–H and O–H groups in total. The van der Waals surface area contributed by atoms with E-state index in [9.17, 15) is 10.1 Å². The SMILES string of the molecule is NN1NC=C(c2ncc([N+](=O)[O-])n2Cc2ccccc2)S1. The van der Waals surface area contributed by atoms with Gasteiger partial charge >= 0.3 is 5.82 Å². The summed E-state index contributed by atoms with van der Waals surface area (Å²) in [6.45, 7) is 0.370. The lowest BCUT2D eigenvalue weighted by atomic mass is 10.2. The minimum atomic E-state index is -0.437. The molecule has 0 unspecified atom stereocenters. The Balaban J connectivity index is 2.00. The standard InChI is InChI=1S/C12H12N6O2S/c13-18-15-6-10(21-18)12-14-7-11(17(19)20)16(12)8-9-4-2-1-3-5-9/h1-7,15H,8,13H2. The fraction of sp³-hybridized carbons (Fsp3) is 0.0833. The predicted molar refractivity (Wildman–Crippen MR) is 79.2 cm³/mol. The molecule has 0 saturated carbocycles. The maximum Gasteiger partial charge on any atom is 0.343 e. The third-order valence-corrected chi connectivity index (χ3v) is 3.74. The van der Waals surface area contributed by atoms with Gasteiger partial charge in [-0.25, -0.2) is 15.4 Å². The monoisotopic (exact) mass is 304 g/mol. The number of hydrogen-bond donors (Lipinski definition) is 2. The van der Waals surface area contributed by atoms with Crippen molar-refractivity contribution < 1.29 is 4.92 Å². The number of nitrogens with two attached hydrogens (primary N) is 1. The number of nitrogens with one attached hydrogen (secondary N) is 1. The van der Waals surface area contributed by atoms with Gasteiger partial charge in [0.15, 0.2) is 0 Å². The molecule has 2 aromatic rings. The minimum absolute atomic E-state index is 0.0502. The van der Waals surface area contributed by atoms with Crippen LogP contribution < -0.4 is 11.3 Å². The summed E-state index contributed by atoms with van der Waals surface area (Å²) in [6.07, 6.45) is 2.93. The summed E-state index contributed by atoms with van der Waals surface area (Å²) in [6, 6.07) is 9.52. The Morgan fingerprint density at radius 1 is 1.38 bits per heavy atom. The van der Waals surface area contributed by atoms with Crippen molar-refractivity contribution >= 4 is 22.7 Å². The zero-order valence-electron chi connectivity index (χ0n) is 10.8. The number of hydrazine groups is 2. The highest BCUT2D eigenvalue weighted by Gasteiger charge is 2.27. The van der Waals surface area contributed by atoms with Crippen LogP contribution in [0.5, 0.6) is 0 Å². The molecule has 8 nitrogen and oxygen atoms in total. The normalized spacial score (nSPS) is 14.8. The summed E-state index contributed by atoms with van der Waals surface area (Å²) in [4.78, 5) is 15.6. The summed E-state index contributed by atoms with van der Waals surface area (Å²) >= 11 is 1.22. The lowest BCUT2D eigenvalue weighted by Gasteiger charge is -2.06. The number of nitrogens with zero attached hydrogens (tertiary/aromatic N) is 4. The van der Waals surface area contributed by atoms with Crippen LogP contribution in [0.3, 0.4) is 0 Å². The van der Waals surface area contributed by atoms with Crippen molar-refractivity contribution in [1.82, 2.24) is 19.5 Å². The zero-order chi connectivity index (χ0) is 14.8. The van der Waals surface area contributed by atoms with Crippen LogP contribution in [-0.2, 0) is 6.54 Å². The first-order valence-electron chi connectivity index (χ1n) is 6.08. The third kappa shape index (κ3) is 2.75. The van der Waals surface area contributed by atoms with Crippen molar-refractivity contribution in [2.24, 2.45) is 5.84 Å². The summed E-state index contributed by atoms with van der Waals surface area (Å²) < 4.78 is 2.87. The molecule has 9 heteroatoms. The van der Waals surface area contributed by atoms with Gasteiger partial charge in [-0.15, -0.1) is 0 Å². The van der Waals surface area contributed by atoms with Gasteiger partial charge in [-0.3, -0.25) is 0 Å². The maximum atomic E-state index is 11.2. The Morgan fingerprint density at radius 2 is 2.14 bits per heavy atom. The van der Waals surface area contributed by atoms with Crippen LogP contribution in [0.25, 0.3) is 4.91 Å². The molecule has 0 saturated heterocycles. The third-order valence-electron chi connectivity index (χ3n) is 2.95. The second-order valence-corrected chi connectivity index (χ2v) is 5.34. The second kappa shape index (κ2) is 5.56. The topological polar surface area (TPSA) is 102 Å². The average molecular weight is 304 g/mol. The van der Waals surface area contributed by atoms with Gasteiger partial charge in [-0.2, -0.15) is 0 Å². The lowest BCUT2D eigenvalue weighted by Crippen LogP contribution is -2.30. The van der Waals surface area contributed by atoms with E-state index in [1.54, 1.807) is 10.8 Å². The molecule has 0 spiro atoms. The maximum absolute atomic E-state index is 11.2. The van der Waals surface area contributed by atoms with Crippen molar-refractivity contribution in [3.8, 4) is 0 Å². The summed E-state index contributed by atoms with van der Waals surface area (Å²) in [5.74, 6) is 6.05. The molecule has 21 heavy (non-hydrogen) atoms. The number of imidazole rings is 1. The van der Waals surface area contributed by atoms with Crippen molar-refractivity contribution in [3.63, 3.8) is 0 Å². The van der Waals surface area contributed by atoms with Crippen LogP contribution in [0.1, 0.15) is 11.4 Å². The van der Waals surface area contributed by atoms with Gasteiger partial charge in [0.2, 0.25) is 5.82 Å². The smallest absolute Gasteiger partial charge is 0.343 e. The molecular formula is C12H12N6O2S. The Bertz CT molecular complexity index is 699. The van der Waals surface area contributed by atoms with Crippen molar-refractivity contribution in [2.45, 2.75) is 6.54 Å². The molecular weight excluding hydrogens is 292 g/mol. The minimum Gasteiger partial charge on any atom is -0.358 e. The molecule has 2 heterocycles. The van der Waals surface area contributed by atoms with E-state index >= 15 is 0 Å². The predicted octanol–water partition coefficient (Wildman–Crippen LogP) is 1.48. The van der Waals surface area contributed by atoms with Gasteiger partial charge in [0.1, 0.15) is 17.6 Å². The first-order chi connectivity index (χ1) is 10.1. The number of rotatable bonds is 4. The van der Waals surface area contributed by atoms with Gasteiger partial charge in [0, 0.05) is 18.1 Å². The number of aromatic nitrogens is 2. The Labute approximate surface area is 124 Å². The van der Waals surface area contributed by atoms with Crippen molar-refractivity contribution in [1.29, 1.82) is 0 Å². The van der Waals surface area contributed by atoms with Gasteiger partial charge in [0.05, 0.1) is 0 Å². The van der Waals surface area contributed by atoms with Gasteiger partial charge in [-0.05, 0) is 10.5 Å². The summed E-state index contributed by atoms with van der Waals surface area (Å²) in [7, 11) is 0. The molecule has 0 radical (unpaired) electrons. The van der Waals surface area contributed by atoms with Gasteiger partial charge in [0.25, 0.3) is 0 Å². The molecule has 0 bridgehead atoms. The average Bonchev–Trinajstić information content (AvgIpc) is 3.06. The number of nitro groups is 1. The fourth-order valence-corrected chi connectivity index (χ4v) is 2.68. The van der Waals surface area contributed by atoms with E-state index in [1.807, 2.05) is 30.3 Å². The molecule has 3 rings (SSSR count). The van der Waals surface area contributed by atoms with E-state index in [-0.39, 0.29) is 5.82 Å². The molecule has 1 aliphatic heterocycles. The number of hydrogen-bond acceptors (Lipinski definition) is 7. The van der Waals surface area contributed by atoms with E-state index in [0.29, 0.717) is 12.4 Å². The van der Waals surface area contributed by atoms with Gasteiger partial charge in [-0.1, -0.05) is 34.9 Å². The van der Waals surface area contributed by atoms with E-state index in [0.717, 1.165) is 10.5 Å². The van der Waals surface area contributed by atoms with Gasteiger partial charge < -0.3 is 15.5 Å². The summed E-state index contributed by atoms with van der Waals surface area (Å²) in [5.41, 5.74) is 3.75. The van der Waals surface area contributed by atoms with Crippen LogP contribution in [0.15, 0.2) is 42.7 Å². The van der Waals surface area contributed by atoms with E-state index < -0.39 is 4.92 Å². The molecule has 1 aliphatic rings. The Morgan fingerprint density at radius 3 is 2.76 bits per heavy atom. The van der Waals surface area contributed by atoms with E-state index in [4.69, 9.17) is 5.84 Å². The zero-order valence-corrected chi connectivity index (χ0v) is 11.7. The summed E-state index contributed by atoms with van der Waals surface area (Å²) in [5, 5.41) is 11.2. The highest BCUT2D eigenvalue weighted by Crippen LogP contribution is 2.32. The fourth-order valence-electron chi connectivity index (χ4n) is 2.02. The lowest BCUT2D eigenvalue weighted by molar-refractivity contribution is -0.392. The Kier molecular flexibility index (Phi) is 3.60. The largest absolute Gasteiger partial charge is 0.358 e. The van der Waals surface area contributed by atoms with Crippen LogP contribution in [0.2, 0.25) is 0 Å². The van der Waals surface area contributed by atoms with Crippen molar-refractivity contribution in [2.75, 3.05) is 0 Å². The quantitative estimate of drug-likeness (QED) is 0.382. The van der Waals surface area contributed by atoms with Crippen LogP contribution in [0.4, 0.5) is 5.82 Å². The molecule has 1 aromatic heterocycles. The van der Waals surface area contributed by atoms with Crippen molar-refractivity contribution in [3.05, 3.63) is 64.2 Å².